The summed E-state index contributed by atoms with van der Waals surface area (Å²) in [6.45, 7) is 0. The van der Waals surface area contributed by atoms with Gasteiger partial charge in [0.2, 0.25) is 0 Å². The van der Waals surface area contributed by atoms with Gasteiger partial charge in [-0.2, -0.15) is 0 Å². The van der Waals surface area contributed by atoms with Crippen LogP contribution in [-0.2, 0) is 11.2 Å². The van der Waals surface area contributed by atoms with Crippen LogP contribution in [0.3, 0.4) is 0 Å². The van der Waals surface area contributed by atoms with Gasteiger partial charge in [-0.25, -0.2) is 0 Å². The SMILES string of the molecule is O=C1C=Cc2cnccc2CC1. The van der Waals surface area contributed by atoms with Gasteiger partial charge in [-0.3, -0.25) is 9.78 Å². The summed E-state index contributed by atoms with van der Waals surface area (Å²) in [5, 5.41) is 0. The fourth-order valence-corrected chi connectivity index (χ4v) is 1.34. The van der Waals surface area contributed by atoms with Crippen molar-refractivity contribution < 1.29 is 4.79 Å². The Kier molecular flexibility index (Phi) is 1.74. The third-order valence-electron chi connectivity index (χ3n) is 2.04. The maximum atomic E-state index is 11.0. The molecule has 2 nitrogen and oxygen atoms in total. The highest BCUT2D eigenvalue weighted by atomic mass is 16.1. The Morgan fingerprint density at radius 2 is 2.17 bits per heavy atom. The molecule has 2 rings (SSSR count). The molecule has 1 aliphatic carbocycles. The summed E-state index contributed by atoms with van der Waals surface area (Å²) in [5.74, 6) is 0.200. The normalized spacial score (nSPS) is 15.5. The zero-order valence-electron chi connectivity index (χ0n) is 6.66. The predicted octanol–water partition coefficient (Wildman–Crippen LogP) is 1.61. The minimum absolute atomic E-state index is 0.200. The lowest BCUT2D eigenvalue weighted by atomic mass is 10.1. The molecule has 12 heavy (non-hydrogen) atoms. The molecule has 1 aromatic heterocycles. The molecule has 0 atom stereocenters. The Hall–Kier alpha value is -1.44. The van der Waals surface area contributed by atoms with Crippen molar-refractivity contribution in [3.63, 3.8) is 0 Å². The first kappa shape index (κ1) is 7.22. The summed E-state index contributed by atoms with van der Waals surface area (Å²) < 4.78 is 0. The van der Waals surface area contributed by atoms with Gasteiger partial charge in [0.15, 0.2) is 5.78 Å². The molecule has 0 N–H and O–H groups in total. The van der Waals surface area contributed by atoms with E-state index in [0.717, 1.165) is 12.0 Å². The summed E-state index contributed by atoms with van der Waals surface area (Å²) in [5.41, 5.74) is 2.29. The van der Waals surface area contributed by atoms with Gasteiger partial charge in [0, 0.05) is 18.8 Å². The lowest BCUT2D eigenvalue weighted by molar-refractivity contribution is -0.114. The van der Waals surface area contributed by atoms with Crippen LogP contribution >= 0.6 is 0 Å². The Morgan fingerprint density at radius 3 is 3.08 bits per heavy atom. The number of carbonyl (C=O) groups excluding carboxylic acids is 1. The number of nitrogens with zero attached hydrogens (tertiary/aromatic N) is 1. The standard InChI is InChI=1S/C10H9NO/c12-10-3-1-8-5-6-11-7-9(8)2-4-10/h2,4-7H,1,3H2. The molecular weight excluding hydrogens is 150 g/mol. The summed E-state index contributed by atoms with van der Waals surface area (Å²) in [6.07, 6.45) is 8.50. The lowest BCUT2D eigenvalue weighted by Crippen LogP contribution is -1.93. The molecule has 0 aromatic carbocycles. The van der Waals surface area contributed by atoms with Crippen molar-refractivity contribution in [2.75, 3.05) is 0 Å². The molecule has 60 valence electrons. The highest BCUT2D eigenvalue weighted by molar-refractivity contribution is 5.94. The van der Waals surface area contributed by atoms with Crippen LogP contribution in [0, 0.1) is 0 Å². The summed E-state index contributed by atoms with van der Waals surface area (Å²) in [7, 11) is 0. The third-order valence-corrected chi connectivity index (χ3v) is 2.04. The Bertz CT molecular complexity index is 341. The fraction of sp³-hybridized carbons (Fsp3) is 0.200. The van der Waals surface area contributed by atoms with E-state index in [9.17, 15) is 4.79 Å². The van der Waals surface area contributed by atoms with Gasteiger partial charge in [0.1, 0.15) is 0 Å². The molecule has 0 spiro atoms. The second-order valence-corrected chi connectivity index (χ2v) is 2.87. The molecule has 0 unspecified atom stereocenters. The molecule has 1 aromatic rings. The molecule has 0 bridgehead atoms. The van der Waals surface area contributed by atoms with E-state index in [2.05, 4.69) is 4.98 Å². The number of rotatable bonds is 0. The van der Waals surface area contributed by atoms with E-state index in [4.69, 9.17) is 0 Å². The first-order valence-electron chi connectivity index (χ1n) is 4.00. The maximum Gasteiger partial charge on any atom is 0.156 e. The number of ketones is 1. The van der Waals surface area contributed by atoms with Gasteiger partial charge in [0.05, 0.1) is 0 Å². The predicted molar refractivity (Wildman–Crippen MR) is 46.6 cm³/mol. The van der Waals surface area contributed by atoms with Crippen molar-refractivity contribution in [3.05, 3.63) is 35.7 Å². The zero-order chi connectivity index (χ0) is 8.39. The number of pyridine rings is 1. The molecule has 0 amide bonds. The zero-order valence-corrected chi connectivity index (χ0v) is 6.66. The van der Waals surface area contributed by atoms with Crippen LogP contribution in [0.4, 0.5) is 0 Å². The average molecular weight is 159 g/mol. The number of fused-ring (bicyclic) bond motifs is 1. The molecule has 1 heterocycles. The first-order valence-corrected chi connectivity index (χ1v) is 4.00. The summed E-state index contributed by atoms with van der Waals surface area (Å²) in [6, 6.07) is 1.97. The Balaban J connectivity index is 2.45. The number of allylic oxidation sites excluding steroid dienone is 1. The molecular formula is C10H9NO. The number of hydrogen-bond donors (Lipinski definition) is 0. The van der Waals surface area contributed by atoms with Gasteiger partial charge >= 0.3 is 0 Å². The number of carbonyl (C=O) groups is 1. The fourth-order valence-electron chi connectivity index (χ4n) is 1.34. The average Bonchev–Trinajstić information content (AvgIpc) is 2.29. The third kappa shape index (κ3) is 1.28. The van der Waals surface area contributed by atoms with E-state index < -0.39 is 0 Å². The van der Waals surface area contributed by atoms with Crippen molar-refractivity contribution in [1.82, 2.24) is 4.98 Å². The first-order chi connectivity index (χ1) is 5.86. The van der Waals surface area contributed by atoms with Crippen molar-refractivity contribution >= 4 is 11.9 Å². The second kappa shape index (κ2) is 2.89. The monoisotopic (exact) mass is 159 g/mol. The van der Waals surface area contributed by atoms with Crippen LogP contribution in [0.1, 0.15) is 17.5 Å². The quantitative estimate of drug-likeness (QED) is 0.575. The van der Waals surface area contributed by atoms with Crippen molar-refractivity contribution in [3.8, 4) is 0 Å². The van der Waals surface area contributed by atoms with Crippen LogP contribution in [0.25, 0.3) is 6.08 Å². The van der Waals surface area contributed by atoms with Gasteiger partial charge in [-0.1, -0.05) is 0 Å². The van der Waals surface area contributed by atoms with Gasteiger partial charge in [-0.05, 0) is 35.8 Å². The van der Waals surface area contributed by atoms with Crippen molar-refractivity contribution in [1.29, 1.82) is 0 Å². The Morgan fingerprint density at radius 1 is 1.25 bits per heavy atom. The molecule has 0 aliphatic heterocycles. The van der Waals surface area contributed by atoms with E-state index in [-0.39, 0.29) is 5.78 Å². The van der Waals surface area contributed by atoms with E-state index in [0.29, 0.717) is 6.42 Å². The van der Waals surface area contributed by atoms with E-state index >= 15 is 0 Å². The lowest BCUT2D eigenvalue weighted by Gasteiger charge is -1.99. The highest BCUT2D eigenvalue weighted by Crippen LogP contribution is 2.15. The molecule has 0 fully saturated rings. The van der Waals surface area contributed by atoms with E-state index in [1.165, 1.54) is 5.56 Å². The molecule has 2 heteroatoms. The van der Waals surface area contributed by atoms with Gasteiger partial charge < -0.3 is 0 Å². The van der Waals surface area contributed by atoms with Gasteiger partial charge in [0.25, 0.3) is 0 Å². The Labute approximate surface area is 70.9 Å². The maximum absolute atomic E-state index is 11.0. The summed E-state index contributed by atoms with van der Waals surface area (Å²) >= 11 is 0. The number of aryl methyl sites for hydroxylation is 1. The largest absolute Gasteiger partial charge is 0.295 e. The van der Waals surface area contributed by atoms with E-state index in [1.807, 2.05) is 12.1 Å². The number of hydrogen-bond acceptors (Lipinski definition) is 2. The smallest absolute Gasteiger partial charge is 0.156 e. The van der Waals surface area contributed by atoms with Crippen LogP contribution < -0.4 is 0 Å². The van der Waals surface area contributed by atoms with Crippen LogP contribution in [0.2, 0.25) is 0 Å². The van der Waals surface area contributed by atoms with Crippen LogP contribution in [0.15, 0.2) is 24.5 Å². The topological polar surface area (TPSA) is 30.0 Å². The van der Waals surface area contributed by atoms with Crippen molar-refractivity contribution in [2.24, 2.45) is 0 Å². The second-order valence-electron chi connectivity index (χ2n) is 2.87. The molecule has 0 saturated heterocycles. The molecule has 0 radical (unpaired) electrons. The van der Waals surface area contributed by atoms with Gasteiger partial charge in [-0.15, -0.1) is 0 Å². The molecule has 0 saturated carbocycles. The van der Waals surface area contributed by atoms with Crippen LogP contribution in [0.5, 0.6) is 0 Å². The van der Waals surface area contributed by atoms with Crippen LogP contribution in [-0.4, -0.2) is 10.8 Å². The van der Waals surface area contributed by atoms with E-state index in [1.54, 1.807) is 18.5 Å². The minimum Gasteiger partial charge on any atom is -0.295 e. The van der Waals surface area contributed by atoms with Crippen molar-refractivity contribution in [2.45, 2.75) is 12.8 Å². The summed E-state index contributed by atoms with van der Waals surface area (Å²) in [4.78, 5) is 15.0. The molecule has 1 aliphatic rings. The highest BCUT2D eigenvalue weighted by Gasteiger charge is 2.06. The minimum atomic E-state index is 0.200. The number of aromatic nitrogens is 1.